The summed E-state index contributed by atoms with van der Waals surface area (Å²) in [6.45, 7) is 2.56. The van der Waals surface area contributed by atoms with E-state index in [1.165, 1.54) is 34.8 Å². The van der Waals surface area contributed by atoms with E-state index in [1.54, 1.807) is 12.1 Å². The Kier molecular flexibility index (Phi) is 5.99. The molecule has 4 nitrogen and oxygen atoms in total. The van der Waals surface area contributed by atoms with Crippen LogP contribution in [-0.4, -0.2) is 29.1 Å². The quantitative estimate of drug-likeness (QED) is 0.904. The highest BCUT2D eigenvalue weighted by atomic mass is 35.5. The molecular formula is C15H19ClFN3OS. The topological polar surface area (TPSA) is 51.4 Å². The van der Waals surface area contributed by atoms with Crippen molar-refractivity contribution in [1.29, 1.82) is 0 Å². The number of ether oxygens (including phenoxy) is 1. The van der Waals surface area contributed by atoms with E-state index < -0.39 is 0 Å². The van der Waals surface area contributed by atoms with Crippen LogP contribution in [0.25, 0.3) is 0 Å². The first-order valence-corrected chi connectivity index (χ1v) is 7.85. The minimum Gasteiger partial charge on any atom is -0.492 e. The van der Waals surface area contributed by atoms with Gasteiger partial charge in [-0.3, -0.25) is 4.90 Å². The fourth-order valence-corrected chi connectivity index (χ4v) is 3.32. The molecule has 1 unspecified atom stereocenters. The first kappa shape index (κ1) is 17.0. The lowest BCUT2D eigenvalue weighted by Crippen LogP contribution is -2.33. The van der Waals surface area contributed by atoms with Gasteiger partial charge in [0, 0.05) is 23.7 Å². The van der Waals surface area contributed by atoms with Crippen LogP contribution < -0.4 is 10.5 Å². The van der Waals surface area contributed by atoms with Gasteiger partial charge >= 0.3 is 0 Å². The van der Waals surface area contributed by atoms with E-state index in [4.69, 9.17) is 10.5 Å². The number of nitrogens with two attached hydrogens (primary N) is 1. The number of nitrogens with zero attached hydrogens (tertiary/aromatic N) is 2. The minimum absolute atomic E-state index is 0. The molecule has 0 saturated carbocycles. The highest BCUT2D eigenvalue weighted by molar-refractivity contribution is 7.15. The van der Waals surface area contributed by atoms with Crippen molar-refractivity contribution in [2.45, 2.75) is 25.4 Å². The molecular weight excluding hydrogens is 325 g/mol. The van der Waals surface area contributed by atoms with Crippen molar-refractivity contribution in [3.05, 3.63) is 41.2 Å². The van der Waals surface area contributed by atoms with Crippen LogP contribution in [0.4, 0.5) is 9.52 Å². The van der Waals surface area contributed by atoms with Gasteiger partial charge < -0.3 is 10.5 Å². The lowest BCUT2D eigenvalue weighted by Gasteiger charge is -2.23. The summed E-state index contributed by atoms with van der Waals surface area (Å²) in [6.07, 6.45) is 4.14. The molecule has 1 saturated heterocycles. The molecule has 1 fully saturated rings. The molecule has 1 aliphatic rings. The zero-order chi connectivity index (χ0) is 14.7. The second kappa shape index (κ2) is 7.76. The van der Waals surface area contributed by atoms with Crippen LogP contribution >= 0.6 is 23.7 Å². The van der Waals surface area contributed by atoms with Gasteiger partial charge in [-0.05, 0) is 43.7 Å². The van der Waals surface area contributed by atoms with Gasteiger partial charge in [-0.1, -0.05) is 0 Å². The number of rotatable bonds is 5. The lowest BCUT2D eigenvalue weighted by atomic mass is 10.2. The smallest absolute Gasteiger partial charge is 0.180 e. The highest BCUT2D eigenvalue weighted by Crippen LogP contribution is 2.24. The molecule has 0 amide bonds. The molecule has 120 valence electrons. The molecule has 1 aromatic heterocycles. The maximum atomic E-state index is 12.9. The number of hydrogen-bond acceptors (Lipinski definition) is 5. The first-order valence-electron chi connectivity index (χ1n) is 7.03. The van der Waals surface area contributed by atoms with Gasteiger partial charge in [-0.2, -0.15) is 0 Å². The zero-order valence-corrected chi connectivity index (χ0v) is 13.7. The number of nitrogen functional groups attached to an aromatic ring is 1. The number of thiazole rings is 1. The van der Waals surface area contributed by atoms with Crippen molar-refractivity contribution in [2.24, 2.45) is 0 Å². The molecule has 1 aromatic carbocycles. The van der Waals surface area contributed by atoms with E-state index in [9.17, 15) is 4.39 Å². The molecule has 22 heavy (non-hydrogen) atoms. The molecule has 0 aliphatic carbocycles. The number of anilines is 1. The number of halogens is 2. The van der Waals surface area contributed by atoms with Crippen molar-refractivity contribution in [3.63, 3.8) is 0 Å². The van der Waals surface area contributed by atoms with Crippen LogP contribution in [-0.2, 0) is 6.54 Å². The van der Waals surface area contributed by atoms with Crippen LogP contribution in [0, 0.1) is 5.82 Å². The van der Waals surface area contributed by atoms with E-state index in [2.05, 4.69) is 9.88 Å². The van der Waals surface area contributed by atoms with Crippen molar-refractivity contribution in [2.75, 3.05) is 18.9 Å². The lowest BCUT2D eigenvalue weighted by molar-refractivity contribution is 0.168. The van der Waals surface area contributed by atoms with E-state index in [0.717, 1.165) is 19.5 Å². The summed E-state index contributed by atoms with van der Waals surface area (Å²) in [4.78, 5) is 7.67. The maximum Gasteiger partial charge on any atom is 0.180 e. The molecule has 2 heterocycles. The molecule has 1 aliphatic heterocycles. The van der Waals surface area contributed by atoms with Gasteiger partial charge in [-0.15, -0.1) is 23.7 Å². The van der Waals surface area contributed by atoms with E-state index in [-0.39, 0.29) is 18.2 Å². The summed E-state index contributed by atoms with van der Waals surface area (Å²) in [5, 5.41) is 0.614. The van der Waals surface area contributed by atoms with Crippen molar-refractivity contribution >= 4 is 28.9 Å². The molecule has 2 N–H and O–H groups in total. The Labute approximate surface area is 139 Å². The largest absolute Gasteiger partial charge is 0.492 e. The molecule has 7 heteroatoms. The maximum absolute atomic E-state index is 12.9. The van der Waals surface area contributed by atoms with Gasteiger partial charge in [0.05, 0.1) is 0 Å². The monoisotopic (exact) mass is 343 g/mol. The SMILES string of the molecule is Cl.Nc1ncc(CN2CCCC2COc2ccc(F)cc2)s1. The number of likely N-dealkylation sites (tertiary alicyclic amines) is 1. The average Bonchev–Trinajstić information content (AvgIpc) is 3.08. The van der Waals surface area contributed by atoms with Gasteiger partial charge in [-0.25, -0.2) is 9.37 Å². The third-order valence-electron chi connectivity index (χ3n) is 3.69. The Hall–Kier alpha value is -1.37. The predicted octanol–water partition coefficient (Wildman–Crippen LogP) is 3.33. The summed E-state index contributed by atoms with van der Waals surface area (Å²) in [7, 11) is 0. The molecule has 0 spiro atoms. The van der Waals surface area contributed by atoms with Crippen molar-refractivity contribution in [1.82, 2.24) is 9.88 Å². The summed E-state index contributed by atoms with van der Waals surface area (Å²) in [5.41, 5.74) is 5.67. The van der Waals surface area contributed by atoms with Crippen LogP contribution in [0.5, 0.6) is 5.75 Å². The predicted molar refractivity (Wildman–Crippen MR) is 89.1 cm³/mol. The van der Waals surface area contributed by atoms with Crippen molar-refractivity contribution < 1.29 is 9.13 Å². The van der Waals surface area contributed by atoms with Crippen LogP contribution in [0.2, 0.25) is 0 Å². The van der Waals surface area contributed by atoms with Crippen molar-refractivity contribution in [3.8, 4) is 5.75 Å². The number of benzene rings is 1. The van der Waals surface area contributed by atoms with Gasteiger partial charge in [0.2, 0.25) is 0 Å². The summed E-state index contributed by atoms with van der Waals surface area (Å²) < 4.78 is 18.6. The Morgan fingerprint density at radius 2 is 2.14 bits per heavy atom. The fraction of sp³-hybridized carbons (Fsp3) is 0.400. The minimum atomic E-state index is -0.243. The fourth-order valence-electron chi connectivity index (χ4n) is 2.61. The summed E-state index contributed by atoms with van der Waals surface area (Å²) >= 11 is 1.54. The second-order valence-electron chi connectivity index (χ2n) is 5.20. The van der Waals surface area contributed by atoms with Gasteiger partial charge in [0.25, 0.3) is 0 Å². The van der Waals surface area contributed by atoms with Crippen LogP contribution in [0.15, 0.2) is 30.5 Å². The molecule has 3 rings (SSSR count). The molecule has 1 atom stereocenters. The Balaban J connectivity index is 0.00000176. The third-order valence-corrected chi connectivity index (χ3v) is 4.50. The van der Waals surface area contributed by atoms with Gasteiger partial charge in [0.15, 0.2) is 5.13 Å². The number of hydrogen-bond donors (Lipinski definition) is 1. The Morgan fingerprint density at radius 3 is 2.82 bits per heavy atom. The third kappa shape index (κ3) is 4.32. The molecule has 0 bridgehead atoms. The van der Waals surface area contributed by atoms with E-state index in [1.807, 2.05) is 6.20 Å². The first-order chi connectivity index (χ1) is 10.2. The van der Waals surface area contributed by atoms with Crippen LogP contribution in [0.1, 0.15) is 17.7 Å². The zero-order valence-electron chi connectivity index (χ0n) is 12.1. The molecule has 2 aromatic rings. The average molecular weight is 344 g/mol. The van der Waals surface area contributed by atoms with Gasteiger partial charge in [0.1, 0.15) is 18.2 Å². The summed E-state index contributed by atoms with van der Waals surface area (Å²) in [5.74, 6) is 0.470. The van der Waals surface area contributed by atoms with E-state index in [0.29, 0.717) is 23.5 Å². The number of aromatic nitrogens is 1. The summed E-state index contributed by atoms with van der Waals surface area (Å²) in [6, 6.07) is 6.55. The molecule has 0 radical (unpaired) electrons. The van der Waals surface area contributed by atoms with Crippen LogP contribution in [0.3, 0.4) is 0 Å². The standard InChI is InChI=1S/C15H18FN3OS.ClH/c16-11-3-5-13(6-4-11)20-10-12-2-1-7-19(12)9-14-8-18-15(17)21-14;/h3-6,8,12H,1-2,7,9-10H2,(H2,17,18);1H. The highest BCUT2D eigenvalue weighted by Gasteiger charge is 2.25. The Morgan fingerprint density at radius 1 is 1.36 bits per heavy atom. The second-order valence-corrected chi connectivity index (χ2v) is 6.34. The van der Waals surface area contributed by atoms with E-state index >= 15 is 0 Å². The normalized spacial score (nSPS) is 18.1. The Bertz CT molecular complexity index is 593.